The van der Waals surface area contributed by atoms with Gasteiger partial charge in [-0.1, -0.05) is 158 Å². The van der Waals surface area contributed by atoms with Gasteiger partial charge in [0.05, 0.1) is 0 Å². The van der Waals surface area contributed by atoms with Crippen LogP contribution >= 0.6 is 0 Å². The molecule has 10 aromatic rings. The van der Waals surface area contributed by atoms with E-state index in [1.54, 1.807) is 34.4 Å². The molecule has 108 heavy (non-hydrogen) atoms. The first kappa shape index (κ1) is 67.9. The Morgan fingerprint density at radius 3 is 1.17 bits per heavy atom. The minimum atomic E-state index is -2.09. The third kappa shape index (κ3) is 12.5. The molecule has 19 rings (SSSR count). The third-order valence-corrected chi connectivity index (χ3v) is 29.3. The first-order valence-corrected chi connectivity index (χ1v) is 40.8. The van der Waals surface area contributed by atoms with Crippen LogP contribution in [0.25, 0.3) is 56.3 Å². The second-order valence-corrected chi connectivity index (χ2v) is 38.0. The minimum absolute atomic E-state index is 0.0283. The van der Waals surface area contributed by atoms with E-state index in [0.29, 0.717) is 28.7 Å². The number of rotatable bonds is 5. The Bertz CT molecular complexity index is 5520. The SMILES string of the molecule is Cc1ccc(-c2cc3c(c[n+]2C)C(C)(C)CC3(C)C)c(C)c1.Cc1ccc(-c2cc3c(c[n+]2C)C2(C)CCC3C2(C)C)c(C)c1.Cc1ccc(-c2cc3c(c[n+]2C)C2CCC3C2)c(C)c1.[2H]C([2H])([2H])c1ccc(-c2cc3c(c[n+]2C)C2(C)CCC3([2H])C2(C)C)c(C)c1.[2H]C12CCC([2H])(C1)c1c[n+](C)c(-c3ccc(C)cc3C)cc12. The minimum Gasteiger partial charge on any atom is -0.201 e. The van der Waals surface area contributed by atoms with Gasteiger partial charge in [-0.05, 0) is 283 Å². The van der Waals surface area contributed by atoms with E-state index in [0.717, 1.165) is 76.7 Å². The van der Waals surface area contributed by atoms with Gasteiger partial charge < -0.3 is 0 Å². The van der Waals surface area contributed by atoms with Crippen molar-refractivity contribution in [2.75, 3.05) is 0 Å². The first-order chi connectivity index (χ1) is 53.2. The van der Waals surface area contributed by atoms with Crippen molar-refractivity contribution in [1.29, 1.82) is 0 Å². The molecule has 5 heterocycles. The van der Waals surface area contributed by atoms with Crippen molar-refractivity contribution in [2.45, 2.75) is 266 Å². The molecule has 9 aliphatic carbocycles. The van der Waals surface area contributed by atoms with Crippen molar-refractivity contribution in [2.24, 2.45) is 46.1 Å². The molecule has 9 aliphatic rings. The van der Waals surface area contributed by atoms with E-state index in [-0.39, 0.29) is 21.7 Å². The van der Waals surface area contributed by atoms with Gasteiger partial charge >= 0.3 is 0 Å². The Balaban J connectivity index is 0.000000113. The fourth-order valence-electron chi connectivity index (χ4n) is 22.6. The van der Waals surface area contributed by atoms with Crippen LogP contribution in [0.2, 0.25) is 0 Å². The fourth-order valence-corrected chi connectivity index (χ4v) is 22.6. The number of hydrogen-bond acceptors (Lipinski definition) is 0. The maximum Gasteiger partial charge on any atom is 0.212 e. The Morgan fingerprint density at radius 1 is 0.324 bits per heavy atom. The lowest BCUT2D eigenvalue weighted by Gasteiger charge is -2.34. The van der Waals surface area contributed by atoms with Gasteiger partial charge in [-0.3, -0.25) is 0 Å². The maximum atomic E-state index is 9.30. The van der Waals surface area contributed by atoms with Crippen LogP contribution in [0, 0.1) is 80.0 Å². The Morgan fingerprint density at radius 2 is 0.685 bits per heavy atom. The van der Waals surface area contributed by atoms with Crippen LogP contribution in [-0.2, 0) is 56.9 Å². The average Bonchev–Trinajstić information content (AvgIpc) is 1.51. The molecule has 0 N–H and O–H groups in total. The van der Waals surface area contributed by atoms with Crippen molar-refractivity contribution in [1.82, 2.24) is 0 Å². The van der Waals surface area contributed by atoms with Gasteiger partial charge in [0.15, 0.2) is 31.0 Å². The number of benzene rings is 5. The van der Waals surface area contributed by atoms with Crippen LogP contribution in [0.5, 0.6) is 0 Å². The van der Waals surface area contributed by atoms with Crippen molar-refractivity contribution in [3.63, 3.8) is 0 Å². The van der Waals surface area contributed by atoms with Crippen molar-refractivity contribution in [3.8, 4) is 56.3 Å². The molecule has 5 nitrogen and oxygen atoms in total. The lowest BCUT2D eigenvalue weighted by Crippen LogP contribution is -2.36. The molecule has 5 aromatic carbocycles. The summed E-state index contributed by atoms with van der Waals surface area (Å²) in [5.74, 6) is 0.754. The fraction of sp³-hybridized carbons (Fsp3) is 0.466. The zero-order valence-corrected chi connectivity index (χ0v) is 70.2. The van der Waals surface area contributed by atoms with Crippen LogP contribution in [-0.4, -0.2) is 0 Å². The molecule has 5 heteroatoms. The summed E-state index contributed by atoms with van der Waals surface area (Å²) in [6.07, 6.45) is 23.8. The molecule has 4 saturated carbocycles. The van der Waals surface area contributed by atoms with E-state index >= 15 is 0 Å². The van der Waals surface area contributed by atoms with Crippen LogP contribution in [0.1, 0.15) is 295 Å². The molecular weight excluding hydrogens is 1310 g/mol. The summed E-state index contributed by atoms with van der Waals surface area (Å²) in [6, 6.07) is 44.0. The largest absolute Gasteiger partial charge is 0.212 e. The molecule has 4 fully saturated rings. The number of aryl methyl sites for hydroxylation is 15. The van der Waals surface area contributed by atoms with Crippen molar-refractivity contribution >= 4 is 0 Å². The second kappa shape index (κ2) is 27.1. The standard InChI is InChI=1S/2C22H28N.C21H28N.2C19H22N/c2*1-14-7-8-16(15(2)11-14)20-12-17-18-9-10-22(5,21(18,3)4)19(17)13-23(20)6;1-14-8-9-16(15(2)10-14)19-11-17-18(12-22(19)7)21(5,6)13-20(17,3)4;2*1-12-4-7-16(13(2)8-12)19-10-17-14-5-6-15(9-14)18(17)11-20(19)3/h2*7-8,11-13,18H,9-10H2,1-6H3;8-12H,13H2,1-7H3;2*4,7-8,10-11,14-15H,5-6,9H2,1-3H3/q5*+1/i1D3,18D;;;14D,15D;. The summed E-state index contributed by atoms with van der Waals surface area (Å²) in [4.78, 5) is 0. The highest BCUT2D eigenvalue weighted by molar-refractivity contribution is 5.69. The maximum absolute atomic E-state index is 9.30. The molecule has 560 valence electrons. The van der Waals surface area contributed by atoms with E-state index < -0.39 is 24.5 Å². The van der Waals surface area contributed by atoms with E-state index in [4.69, 9.17) is 6.85 Å². The molecule has 0 radical (unpaired) electrons. The van der Waals surface area contributed by atoms with Crippen LogP contribution in [0.4, 0.5) is 0 Å². The molecule has 5 aromatic heterocycles. The first-order valence-electron chi connectivity index (χ1n) is 43.8. The normalized spacial score (nSPS) is 26.9. The van der Waals surface area contributed by atoms with E-state index in [9.17, 15) is 1.37 Å². The number of aromatic nitrogens is 5. The molecule has 0 spiro atoms. The van der Waals surface area contributed by atoms with E-state index in [1.165, 1.54) is 139 Å². The molecule has 8 bridgehead atoms. The highest BCUT2D eigenvalue weighted by atomic mass is 15.0. The van der Waals surface area contributed by atoms with Crippen LogP contribution in [0.15, 0.2) is 152 Å². The summed E-state index contributed by atoms with van der Waals surface area (Å²) in [7, 11) is 10.7. The summed E-state index contributed by atoms with van der Waals surface area (Å²) in [5.41, 5.74) is 39.8. The predicted molar refractivity (Wildman–Crippen MR) is 448 cm³/mol. The molecular formula is C103H128N5+5. The van der Waals surface area contributed by atoms with E-state index in [1.807, 2.05) is 20.0 Å². The third-order valence-electron chi connectivity index (χ3n) is 29.3. The number of fused-ring (bicyclic) bond motifs is 21. The van der Waals surface area contributed by atoms with Gasteiger partial charge in [0, 0.05) is 105 Å². The quantitative estimate of drug-likeness (QED) is 0.153. The van der Waals surface area contributed by atoms with Gasteiger partial charge in [0.25, 0.3) is 0 Å². The predicted octanol–water partition coefficient (Wildman–Crippen LogP) is 23.0. The van der Waals surface area contributed by atoms with Gasteiger partial charge in [-0.15, -0.1) is 0 Å². The summed E-state index contributed by atoms with van der Waals surface area (Å²) < 4.78 is 60.9. The molecule has 0 amide bonds. The monoisotopic (exact) mass is 1440 g/mol. The lowest BCUT2D eigenvalue weighted by molar-refractivity contribution is -0.661. The molecule has 0 saturated heterocycles. The Hall–Kier alpha value is -8.15. The number of hydrogen-bond donors (Lipinski definition) is 0. The smallest absolute Gasteiger partial charge is 0.201 e. The topological polar surface area (TPSA) is 19.4 Å². The second-order valence-electron chi connectivity index (χ2n) is 38.0. The highest BCUT2D eigenvalue weighted by Gasteiger charge is 2.62. The lowest BCUT2D eigenvalue weighted by atomic mass is 9.69. The van der Waals surface area contributed by atoms with Gasteiger partial charge in [0.1, 0.15) is 35.2 Å². The summed E-state index contributed by atoms with van der Waals surface area (Å²) >= 11 is 0. The average molecular weight is 1440 g/mol. The van der Waals surface area contributed by atoms with Gasteiger partial charge in [-0.2, -0.15) is 0 Å². The van der Waals surface area contributed by atoms with Crippen molar-refractivity contribution in [3.05, 3.63) is 264 Å². The van der Waals surface area contributed by atoms with Crippen LogP contribution < -0.4 is 22.8 Å². The summed E-state index contributed by atoms with van der Waals surface area (Å²) in [6.45, 7) is 41.0. The Labute approximate surface area is 659 Å². The van der Waals surface area contributed by atoms with Crippen LogP contribution in [0.3, 0.4) is 0 Å². The van der Waals surface area contributed by atoms with Gasteiger partial charge in [0.2, 0.25) is 28.5 Å². The summed E-state index contributed by atoms with van der Waals surface area (Å²) in [5, 5.41) is 0. The van der Waals surface area contributed by atoms with E-state index in [2.05, 4.69) is 310 Å². The highest BCUT2D eigenvalue weighted by Crippen LogP contribution is 2.69. The molecule has 0 aliphatic heterocycles. The number of pyridine rings is 5. The van der Waals surface area contributed by atoms with Gasteiger partial charge in [-0.25, -0.2) is 22.8 Å². The zero-order valence-electron chi connectivity index (χ0n) is 76.2. The molecule has 8 unspecified atom stereocenters. The zero-order chi connectivity index (χ0) is 82.4. The Kier molecular flexibility index (Phi) is 17.0. The molecule has 8 atom stereocenters. The van der Waals surface area contributed by atoms with Crippen molar-refractivity contribution < 1.29 is 31.1 Å². The number of nitrogens with zero attached hydrogens (tertiary/aromatic N) is 5.